The first-order valence-electron chi connectivity index (χ1n) is 4.98. The summed E-state index contributed by atoms with van der Waals surface area (Å²) in [5.74, 6) is -0.582. The predicted molar refractivity (Wildman–Crippen MR) is 55.6 cm³/mol. The number of amides is 1. The smallest absolute Gasteiger partial charge is 0.253 e. The Bertz CT molecular complexity index is 379. The molecule has 1 fully saturated rings. The first-order valence-corrected chi connectivity index (χ1v) is 4.98. The van der Waals surface area contributed by atoms with E-state index in [9.17, 15) is 9.18 Å². The molecule has 1 amide bonds. The zero-order valence-corrected chi connectivity index (χ0v) is 8.60. The summed E-state index contributed by atoms with van der Waals surface area (Å²) in [6.45, 7) is 0.108. The number of nitrogens with zero attached hydrogens (tertiary/aromatic N) is 1. The molecule has 86 valence electrons. The second-order valence-electron chi connectivity index (χ2n) is 3.59. The second kappa shape index (κ2) is 4.59. The number of carbonyl (C=O) groups excluding carboxylic acids is 1. The molecule has 1 unspecified atom stereocenters. The molecule has 1 aromatic rings. The van der Waals surface area contributed by atoms with E-state index in [4.69, 9.17) is 9.84 Å². The lowest BCUT2D eigenvalue weighted by Gasteiger charge is -2.34. The molecule has 0 aromatic heterocycles. The Hall–Kier alpha value is -1.46. The molecule has 0 saturated carbocycles. The maximum atomic E-state index is 12.8. The van der Waals surface area contributed by atoms with Gasteiger partial charge in [0.1, 0.15) is 12.4 Å². The highest BCUT2D eigenvalue weighted by atomic mass is 19.1. The van der Waals surface area contributed by atoms with Crippen molar-refractivity contribution in [1.82, 2.24) is 0 Å². The van der Waals surface area contributed by atoms with Crippen molar-refractivity contribution in [3.8, 4) is 0 Å². The summed E-state index contributed by atoms with van der Waals surface area (Å²) in [6, 6.07) is 5.20. The fourth-order valence-electron chi connectivity index (χ4n) is 1.72. The van der Waals surface area contributed by atoms with Crippen LogP contribution in [0.4, 0.5) is 10.1 Å². The number of benzene rings is 1. The topological polar surface area (TPSA) is 49.8 Å². The number of ether oxygens (including phenoxy) is 1. The Labute approximate surface area is 92.2 Å². The van der Waals surface area contributed by atoms with Crippen LogP contribution in [0, 0.1) is 5.82 Å². The van der Waals surface area contributed by atoms with Crippen LogP contribution in [-0.4, -0.2) is 36.9 Å². The number of aliphatic hydroxyl groups excluding tert-OH is 1. The van der Waals surface area contributed by atoms with Gasteiger partial charge in [-0.25, -0.2) is 4.39 Å². The molecule has 1 saturated heterocycles. The van der Waals surface area contributed by atoms with Crippen LogP contribution in [0.2, 0.25) is 0 Å². The molecule has 0 aliphatic carbocycles. The third-order valence-electron chi connectivity index (χ3n) is 2.49. The van der Waals surface area contributed by atoms with Gasteiger partial charge in [0, 0.05) is 5.69 Å². The summed E-state index contributed by atoms with van der Waals surface area (Å²) < 4.78 is 17.8. The van der Waals surface area contributed by atoms with Crippen molar-refractivity contribution in [2.75, 3.05) is 24.7 Å². The van der Waals surface area contributed by atoms with Gasteiger partial charge in [0.05, 0.1) is 19.3 Å². The van der Waals surface area contributed by atoms with Crippen molar-refractivity contribution < 1.29 is 19.0 Å². The Morgan fingerprint density at radius 3 is 2.75 bits per heavy atom. The van der Waals surface area contributed by atoms with Gasteiger partial charge in [0.25, 0.3) is 5.91 Å². The van der Waals surface area contributed by atoms with Gasteiger partial charge in [-0.05, 0) is 24.3 Å². The molecular weight excluding hydrogens is 213 g/mol. The summed E-state index contributed by atoms with van der Waals surface area (Å²) in [4.78, 5) is 13.1. The fraction of sp³-hybridized carbons (Fsp3) is 0.364. The average molecular weight is 225 g/mol. The highest BCUT2D eigenvalue weighted by Gasteiger charge is 2.29. The van der Waals surface area contributed by atoms with Gasteiger partial charge in [0.15, 0.2) is 0 Å². The second-order valence-corrected chi connectivity index (χ2v) is 3.59. The molecule has 1 N–H and O–H groups in total. The fourth-order valence-corrected chi connectivity index (χ4v) is 1.72. The van der Waals surface area contributed by atoms with E-state index in [1.54, 1.807) is 0 Å². The van der Waals surface area contributed by atoms with E-state index in [2.05, 4.69) is 0 Å². The molecular formula is C11H12FNO3. The summed E-state index contributed by atoms with van der Waals surface area (Å²) >= 11 is 0. The predicted octanol–water partition coefficient (Wildman–Crippen LogP) is 0.550. The zero-order chi connectivity index (χ0) is 11.5. The van der Waals surface area contributed by atoms with Crippen molar-refractivity contribution in [2.45, 2.75) is 6.04 Å². The molecule has 0 spiro atoms. The van der Waals surface area contributed by atoms with Crippen LogP contribution in [0.25, 0.3) is 0 Å². The van der Waals surface area contributed by atoms with E-state index < -0.39 is 6.04 Å². The minimum absolute atomic E-state index is 0.00607. The first kappa shape index (κ1) is 11.0. The van der Waals surface area contributed by atoms with E-state index >= 15 is 0 Å². The maximum Gasteiger partial charge on any atom is 0.253 e. The van der Waals surface area contributed by atoms with Crippen LogP contribution in [0.1, 0.15) is 0 Å². The molecule has 1 aromatic carbocycles. The molecule has 1 heterocycles. The third-order valence-corrected chi connectivity index (χ3v) is 2.49. The van der Waals surface area contributed by atoms with E-state index in [-0.39, 0.29) is 24.9 Å². The van der Waals surface area contributed by atoms with Crippen LogP contribution in [0.3, 0.4) is 0 Å². The average Bonchev–Trinajstić information content (AvgIpc) is 2.30. The molecule has 5 heteroatoms. The lowest BCUT2D eigenvalue weighted by atomic mass is 10.2. The lowest BCUT2D eigenvalue weighted by Crippen LogP contribution is -2.51. The van der Waals surface area contributed by atoms with E-state index in [1.165, 1.54) is 29.2 Å². The van der Waals surface area contributed by atoms with E-state index in [0.29, 0.717) is 12.3 Å². The Balaban J connectivity index is 2.28. The number of carbonyl (C=O) groups is 1. The summed E-state index contributed by atoms with van der Waals surface area (Å²) in [5.41, 5.74) is 0.578. The number of morpholine rings is 1. The van der Waals surface area contributed by atoms with Gasteiger partial charge < -0.3 is 14.7 Å². The Morgan fingerprint density at radius 1 is 1.44 bits per heavy atom. The number of rotatable bonds is 2. The van der Waals surface area contributed by atoms with Crippen LogP contribution < -0.4 is 4.90 Å². The first-order chi connectivity index (χ1) is 7.72. The molecule has 2 rings (SSSR count). The third kappa shape index (κ3) is 2.05. The van der Waals surface area contributed by atoms with Crippen LogP contribution in [-0.2, 0) is 9.53 Å². The van der Waals surface area contributed by atoms with E-state index in [1.807, 2.05) is 0 Å². The number of anilines is 1. The number of halogens is 1. The van der Waals surface area contributed by atoms with Gasteiger partial charge in [0.2, 0.25) is 0 Å². The SMILES string of the molecule is O=C1COCC(CO)N1c1ccc(F)cc1. The van der Waals surface area contributed by atoms with Crippen molar-refractivity contribution >= 4 is 11.6 Å². The quantitative estimate of drug-likeness (QED) is 0.799. The molecule has 4 nitrogen and oxygen atoms in total. The highest BCUT2D eigenvalue weighted by molar-refractivity contribution is 5.95. The van der Waals surface area contributed by atoms with Crippen LogP contribution >= 0.6 is 0 Å². The molecule has 1 atom stereocenters. The normalized spacial score (nSPS) is 21.2. The van der Waals surface area contributed by atoms with Crippen LogP contribution in [0.15, 0.2) is 24.3 Å². The Kier molecular flexibility index (Phi) is 3.17. The van der Waals surface area contributed by atoms with Gasteiger partial charge >= 0.3 is 0 Å². The monoisotopic (exact) mass is 225 g/mol. The van der Waals surface area contributed by atoms with Crippen molar-refractivity contribution in [3.63, 3.8) is 0 Å². The van der Waals surface area contributed by atoms with Crippen molar-refractivity contribution in [2.24, 2.45) is 0 Å². The van der Waals surface area contributed by atoms with Gasteiger partial charge in [-0.2, -0.15) is 0 Å². The molecule has 0 bridgehead atoms. The minimum Gasteiger partial charge on any atom is -0.394 e. The highest BCUT2D eigenvalue weighted by Crippen LogP contribution is 2.20. The summed E-state index contributed by atoms with van der Waals surface area (Å²) in [6.07, 6.45) is 0. The summed E-state index contributed by atoms with van der Waals surface area (Å²) in [5, 5.41) is 9.15. The maximum absolute atomic E-state index is 12.8. The van der Waals surface area contributed by atoms with Crippen LogP contribution in [0.5, 0.6) is 0 Å². The molecule has 1 aliphatic rings. The molecule has 16 heavy (non-hydrogen) atoms. The minimum atomic E-state index is -0.397. The molecule has 1 aliphatic heterocycles. The van der Waals surface area contributed by atoms with Gasteiger partial charge in [-0.3, -0.25) is 4.79 Å². The van der Waals surface area contributed by atoms with Crippen molar-refractivity contribution in [1.29, 1.82) is 0 Å². The summed E-state index contributed by atoms with van der Waals surface area (Å²) in [7, 11) is 0. The number of hydrogen-bond donors (Lipinski definition) is 1. The number of aliphatic hydroxyl groups is 1. The number of hydrogen-bond acceptors (Lipinski definition) is 3. The lowest BCUT2D eigenvalue weighted by molar-refractivity contribution is -0.128. The van der Waals surface area contributed by atoms with Crippen molar-refractivity contribution in [3.05, 3.63) is 30.1 Å². The van der Waals surface area contributed by atoms with Gasteiger partial charge in [-0.1, -0.05) is 0 Å². The Morgan fingerprint density at radius 2 is 2.12 bits per heavy atom. The van der Waals surface area contributed by atoms with Gasteiger partial charge in [-0.15, -0.1) is 0 Å². The van der Waals surface area contributed by atoms with E-state index in [0.717, 1.165) is 0 Å². The zero-order valence-electron chi connectivity index (χ0n) is 8.60. The standard InChI is InChI=1S/C11H12FNO3/c12-8-1-3-9(4-2-8)13-10(5-14)6-16-7-11(13)15/h1-4,10,14H,5-7H2. The molecule has 0 radical (unpaired) electrons. The largest absolute Gasteiger partial charge is 0.394 e.